The highest BCUT2D eigenvalue weighted by atomic mass is 32.1. The Morgan fingerprint density at radius 1 is 1.40 bits per heavy atom. The lowest BCUT2D eigenvalue weighted by Gasteiger charge is -2.18. The lowest BCUT2D eigenvalue weighted by atomic mass is 9.97. The Morgan fingerprint density at radius 3 is 2.20 bits per heavy atom. The number of thiocarbonyl (C=S) groups is 1. The minimum atomic E-state index is 0.366. The summed E-state index contributed by atoms with van der Waals surface area (Å²) in [5.74, 6) is 0. The van der Waals surface area contributed by atoms with Gasteiger partial charge in [0.1, 0.15) is 0 Å². The summed E-state index contributed by atoms with van der Waals surface area (Å²) < 4.78 is 0. The van der Waals surface area contributed by atoms with Crippen LogP contribution in [0.2, 0.25) is 0 Å². The Kier molecular flexibility index (Phi) is 4.06. The zero-order valence-electron chi connectivity index (χ0n) is 7.32. The monoisotopic (exact) mass is 159 g/mol. The Morgan fingerprint density at radius 2 is 1.90 bits per heavy atom. The highest BCUT2D eigenvalue weighted by Gasteiger charge is 2.08. The summed E-state index contributed by atoms with van der Waals surface area (Å²) in [6.45, 7) is 10.5. The number of hydrogen-bond donors (Lipinski definition) is 1. The molecule has 0 atom stereocenters. The van der Waals surface area contributed by atoms with Crippen molar-refractivity contribution in [3.63, 3.8) is 0 Å². The summed E-state index contributed by atoms with van der Waals surface area (Å²) in [4.78, 5) is 1.03. The molecular formula is C8H17NS. The fourth-order valence-corrected chi connectivity index (χ4v) is 0.716. The summed E-state index contributed by atoms with van der Waals surface area (Å²) in [5.41, 5.74) is 0.366. The van der Waals surface area contributed by atoms with Crippen molar-refractivity contribution in [2.24, 2.45) is 5.41 Å². The van der Waals surface area contributed by atoms with Crippen LogP contribution in [0.5, 0.6) is 0 Å². The van der Waals surface area contributed by atoms with Crippen LogP contribution in [0.3, 0.4) is 0 Å². The molecule has 0 bridgehead atoms. The highest BCUT2D eigenvalue weighted by Crippen LogP contribution is 2.09. The van der Waals surface area contributed by atoms with E-state index in [1.807, 2.05) is 6.92 Å². The maximum Gasteiger partial charge on any atom is 0.0266 e. The van der Waals surface area contributed by atoms with Crippen LogP contribution >= 0.6 is 12.2 Å². The fraction of sp³-hybridized carbons (Fsp3) is 0.875. The van der Waals surface area contributed by atoms with Gasteiger partial charge in [-0.05, 0) is 12.3 Å². The molecule has 0 aromatic rings. The smallest absolute Gasteiger partial charge is 0.0266 e. The van der Waals surface area contributed by atoms with Gasteiger partial charge in [-0.3, -0.25) is 0 Å². The summed E-state index contributed by atoms with van der Waals surface area (Å²) in [6.07, 6.45) is 0. The SMILES string of the molecule is CC(=S)CNCC(C)(C)C. The van der Waals surface area contributed by atoms with Crippen LogP contribution < -0.4 is 5.32 Å². The molecule has 60 valence electrons. The number of hydrogen-bond acceptors (Lipinski definition) is 2. The predicted octanol–water partition coefficient (Wildman–Crippen LogP) is 2.01. The third-order valence-corrected chi connectivity index (χ3v) is 1.17. The van der Waals surface area contributed by atoms with Crippen molar-refractivity contribution < 1.29 is 0 Å². The van der Waals surface area contributed by atoms with Gasteiger partial charge in [0.2, 0.25) is 0 Å². The van der Waals surface area contributed by atoms with E-state index in [-0.39, 0.29) is 0 Å². The average molecular weight is 159 g/mol. The number of rotatable bonds is 3. The summed E-state index contributed by atoms with van der Waals surface area (Å²) in [6, 6.07) is 0. The fourth-order valence-electron chi connectivity index (χ4n) is 0.614. The van der Waals surface area contributed by atoms with Gasteiger partial charge in [-0.1, -0.05) is 33.0 Å². The minimum Gasteiger partial charge on any atom is -0.312 e. The van der Waals surface area contributed by atoms with Crippen molar-refractivity contribution in [3.8, 4) is 0 Å². The quantitative estimate of drug-likeness (QED) is 0.632. The van der Waals surface area contributed by atoms with Crippen molar-refractivity contribution in [3.05, 3.63) is 0 Å². The lowest BCUT2D eigenvalue weighted by molar-refractivity contribution is 0.391. The zero-order valence-corrected chi connectivity index (χ0v) is 8.14. The second-order valence-electron chi connectivity index (χ2n) is 3.87. The van der Waals surface area contributed by atoms with E-state index in [9.17, 15) is 0 Å². The largest absolute Gasteiger partial charge is 0.312 e. The van der Waals surface area contributed by atoms with E-state index < -0.39 is 0 Å². The topological polar surface area (TPSA) is 12.0 Å². The molecule has 1 N–H and O–H groups in total. The average Bonchev–Trinajstić information content (AvgIpc) is 1.59. The summed E-state index contributed by atoms with van der Waals surface area (Å²) >= 11 is 4.92. The van der Waals surface area contributed by atoms with E-state index in [1.54, 1.807) is 0 Å². The van der Waals surface area contributed by atoms with Crippen LogP contribution in [-0.4, -0.2) is 18.0 Å². The van der Waals surface area contributed by atoms with E-state index in [0.717, 1.165) is 18.0 Å². The van der Waals surface area contributed by atoms with E-state index in [0.29, 0.717) is 5.41 Å². The van der Waals surface area contributed by atoms with Crippen molar-refractivity contribution in [2.45, 2.75) is 27.7 Å². The Balaban J connectivity index is 3.29. The molecule has 10 heavy (non-hydrogen) atoms. The highest BCUT2D eigenvalue weighted by molar-refractivity contribution is 7.80. The molecule has 0 aliphatic rings. The van der Waals surface area contributed by atoms with Gasteiger partial charge in [0.25, 0.3) is 0 Å². The third-order valence-electron chi connectivity index (χ3n) is 1.03. The molecule has 0 fully saturated rings. The molecule has 0 radical (unpaired) electrons. The van der Waals surface area contributed by atoms with Crippen LogP contribution in [-0.2, 0) is 0 Å². The minimum absolute atomic E-state index is 0.366. The molecule has 0 aromatic carbocycles. The van der Waals surface area contributed by atoms with Crippen LogP contribution in [0, 0.1) is 5.41 Å². The van der Waals surface area contributed by atoms with Crippen molar-refractivity contribution in [1.82, 2.24) is 5.32 Å². The second kappa shape index (κ2) is 4.04. The van der Waals surface area contributed by atoms with E-state index in [4.69, 9.17) is 12.2 Å². The van der Waals surface area contributed by atoms with Gasteiger partial charge in [0, 0.05) is 18.0 Å². The second-order valence-corrected chi connectivity index (χ2v) is 4.56. The van der Waals surface area contributed by atoms with E-state index >= 15 is 0 Å². The lowest BCUT2D eigenvalue weighted by Crippen LogP contribution is -2.29. The van der Waals surface area contributed by atoms with Crippen LogP contribution in [0.25, 0.3) is 0 Å². The first-order chi connectivity index (χ1) is 4.42. The van der Waals surface area contributed by atoms with Gasteiger partial charge in [-0.15, -0.1) is 0 Å². The van der Waals surface area contributed by atoms with Crippen LogP contribution in [0.1, 0.15) is 27.7 Å². The van der Waals surface area contributed by atoms with E-state index in [1.165, 1.54) is 0 Å². The van der Waals surface area contributed by atoms with Crippen molar-refractivity contribution >= 4 is 17.1 Å². The molecule has 0 unspecified atom stereocenters. The van der Waals surface area contributed by atoms with Gasteiger partial charge >= 0.3 is 0 Å². The molecule has 1 nitrogen and oxygen atoms in total. The van der Waals surface area contributed by atoms with Gasteiger partial charge in [-0.25, -0.2) is 0 Å². The Labute approximate surface area is 69.2 Å². The van der Waals surface area contributed by atoms with Crippen LogP contribution in [0.4, 0.5) is 0 Å². The van der Waals surface area contributed by atoms with Gasteiger partial charge in [0.05, 0.1) is 0 Å². The molecule has 0 spiro atoms. The zero-order chi connectivity index (χ0) is 8.20. The molecule has 0 saturated heterocycles. The summed E-state index contributed by atoms with van der Waals surface area (Å²) in [5, 5.41) is 3.28. The normalized spacial score (nSPS) is 11.6. The predicted molar refractivity (Wildman–Crippen MR) is 50.6 cm³/mol. The maximum atomic E-state index is 4.92. The standard InChI is InChI=1S/C8H17NS/c1-7(10)5-9-6-8(2,3)4/h9H,5-6H2,1-4H3. The van der Waals surface area contributed by atoms with Gasteiger partial charge in [0.15, 0.2) is 0 Å². The van der Waals surface area contributed by atoms with Crippen molar-refractivity contribution in [1.29, 1.82) is 0 Å². The van der Waals surface area contributed by atoms with Crippen LogP contribution in [0.15, 0.2) is 0 Å². The molecule has 0 aliphatic heterocycles. The Hall–Kier alpha value is 0.0500. The molecule has 2 heteroatoms. The molecular weight excluding hydrogens is 142 g/mol. The van der Waals surface area contributed by atoms with E-state index in [2.05, 4.69) is 26.1 Å². The molecule has 0 amide bonds. The first-order valence-electron chi connectivity index (χ1n) is 3.62. The molecule has 0 saturated carbocycles. The molecule has 0 aliphatic carbocycles. The molecule has 0 heterocycles. The van der Waals surface area contributed by atoms with Gasteiger partial charge in [-0.2, -0.15) is 0 Å². The maximum absolute atomic E-state index is 4.92. The van der Waals surface area contributed by atoms with Crippen molar-refractivity contribution in [2.75, 3.05) is 13.1 Å². The summed E-state index contributed by atoms with van der Waals surface area (Å²) in [7, 11) is 0. The first-order valence-corrected chi connectivity index (χ1v) is 4.03. The molecule has 0 rings (SSSR count). The first kappa shape index (κ1) is 10.0. The van der Waals surface area contributed by atoms with Gasteiger partial charge < -0.3 is 5.32 Å². The number of nitrogens with one attached hydrogen (secondary N) is 1. The molecule has 0 aromatic heterocycles. The Bertz CT molecular complexity index is 113. The third kappa shape index (κ3) is 8.05.